The summed E-state index contributed by atoms with van der Waals surface area (Å²) in [5.41, 5.74) is 1.41. The van der Waals surface area contributed by atoms with E-state index in [1.54, 1.807) is 24.5 Å². The zero-order valence-electron chi connectivity index (χ0n) is 15.1. The van der Waals surface area contributed by atoms with Crippen molar-refractivity contribution in [1.82, 2.24) is 15.0 Å². The van der Waals surface area contributed by atoms with Crippen molar-refractivity contribution in [2.24, 2.45) is 0 Å². The monoisotopic (exact) mass is 401 g/mol. The minimum absolute atomic E-state index is 0.0995. The Morgan fingerprint density at radius 1 is 1.30 bits per heavy atom. The van der Waals surface area contributed by atoms with Crippen LogP contribution < -0.4 is 4.74 Å². The Morgan fingerprint density at radius 3 is 2.96 bits per heavy atom. The van der Waals surface area contributed by atoms with Crippen molar-refractivity contribution >= 4 is 39.9 Å². The molecule has 0 saturated carbocycles. The van der Waals surface area contributed by atoms with Gasteiger partial charge in [0.15, 0.2) is 5.78 Å². The zero-order valence-corrected chi connectivity index (χ0v) is 16.7. The number of carbonyl (C=O) groups excluding carboxylic acids is 1. The van der Waals surface area contributed by atoms with E-state index < -0.39 is 0 Å². The lowest BCUT2D eigenvalue weighted by molar-refractivity contribution is 0.102. The van der Waals surface area contributed by atoms with Gasteiger partial charge in [-0.05, 0) is 31.5 Å². The molecule has 140 valence electrons. The van der Waals surface area contributed by atoms with Crippen molar-refractivity contribution in [3.05, 3.63) is 39.8 Å². The highest BCUT2D eigenvalue weighted by Crippen LogP contribution is 2.32. The van der Waals surface area contributed by atoms with Crippen molar-refractivity contribution < 1.29 is 14.3 Å². The van der Waals surface area contributed by atoms with E-state index in [2.05, 4.69) is 21.0 Å². The maximum Gasteiger partial charge on any atom is 0.213 e. The van der Waals surface area contributed by atoms with E-state index in [1.807, 2.05) is 19.1 Å². The van der Waals surface area contributed by atoms with Gasteiger partial charge in [-0.15, -0.1) is 11.3 Å². The molecule has 0 aromatic carbocycles. The number of ketones is 1. The first-order valence-corrected chi connectivity index (χ1v) is 10.5. The highest BCUT2D eigenvalue weighted by atomic mass is 32.2. The molecule has 1 saturated heterocycles. The minimum Gasteiger partial charge on any atom is -0.481 e. The highest BCUT2D eigenvalue weighted by molar-refractivity contribution is 8.00. The summed E-state index contributed by atoms with van der Waals surface area (Å²) in [6.07, 6.45) is 1.03. The van der Waals surface area contributed by atoms with Crippen molar-refractivity contribution in [3.63, 3.8) is 0 Å². The average molecular weight is 402 g/mol. The molecule has 0 unspecified atom stereocenters. The van der Waals surface area contributed by atoms with Gasteiger partial charge in [0.1, 0.15) is 16.4 Å². The van der Waals surface area contributed by atoms with Crippen LogP contribution in [-0.2, 0) is 4.74 Å². The molecule has 27 heavy (non-hydrogen) atoms. The van der Waals surface area contributed by atoms with E-state index in [0.717, 1.165) is 30.0 Å². The number of ether oxygens (including phenoxy) is 2. The summed E-state index contributed by atoms with van der Waals surface area (Å²) in [5.74, 6) is 2.00. The topological polar surface area (TPSA) is 74.2 Å². The van der Waals surface area contributed by atoms with Gasteiger partial charge in [0.25, 0.3) is 0 Å². The van der Waals surface area contributed by atoms with Gasteiger partial charge < -0.3 is 9.47 Å². The number of methoxy groups -OCH3 is 1. The van der Waals surface area contributed by atoms with Crippen molar-refractivity contribution in [2.75, 3.05) is 26.1 Å². The zero-order chi connectivity index (χ0) is 18.8. The first-order chi connectivity index (χ1) is 13.1. The van der Waals surface area contributed by atoms with Gasteiger partial charge in [-0.3, -0.25) is 4.79 Å². The molecule has 0 spiro atoms. The second-order valence-electron chi connectivity index (χ2n) is 6.27. The maximum atomic E-state index is 12.7. The third-order valence-corrected chi connectivity index (χ3v) is 6.63. The number of hydrogen-bond donors (Lipinski definition) is 0. The summed E-state index contributed by atoms with van der Waals surface area (Å²) in [6, 6.07) is 7.61. The lowest BCUT2D eigenvalue weighted by Crippen LogP contribution is -2.02. The number of hydrogen-bond acceptors (Lipinski definition) is 8. The lowest BCUT2D eigenvalue weighted by Gasteiger charge is -2.07. The molecule has 8 heteroatoms. The Balaban J connectivity index is 1.51. The van der Waals surface area contributed by atoms with E-state index in [-0.39, 0.29) is 5.78 Å². The maximum absolute atomic E-state index is 12.7. The van der Waals surface area contributed by atoms with Gasteiger partial charge in [-0.25, -0.2) is 15.0 Å². The number of thioether (sulfide) groups is 1. The summed E-state index contributed by atoms with van der Waals surface area (Å²) in [6.45, 7) is 3.39. The normalized spacial score (nSPS) is 16.7. The van der Waals surface area contributed by atoms with Gasteiger partial charge in [0.2, 0.25) is 5.88 Å². The van der Waals surface area contributed by atoms with E-state index in [4.69, 9.17) is 9.47 Å². The first-order valence-electron chi connectivity index (χ1n) is 8.67. The second-order valence-corrected chi connectivity index (χ2v) is 8.35. The number of pyridine rings is 1. The van der Waals surface area contributed by atoms with Crippen LogP contribution in [-0.4, -0.2) is 46.8 Å². The van der Waals surface area contributed by atoms with E-state index in [0.29, 0.717) is 33.9 Å². The Bertz CT molecular complexity index is 983. The van der Waals surface area contributed by atoms with Crippen LogP contribution in [0.2, 0.25) is 0 Å². The van der Waals surface area contributed by atoms with Gasteiger partial charge >= 0.3 is 0 Å². The van der Waals surface area contributed by atoms with Crippen LogP contribution in [0.5, 0.6) is 5.88 Å². The van der Waals surface area contributed by atoms with Crippen LogP contribution in [0.3, 0.4) is 0 Å². The fourth-order valence-electron chi connectivity index (χ4n) is 2.98. The Kier molecular flexibility index (Phi) is 5.38. The molecule has 0 aliphatic carbocycles. The third kappa shape index (κ3) is 3.97. The number of thiophene rings is 1. The quantitative estimate of drug-likeness (QED) is 0.352. The number of carbonyl (C=O) groups is 1. The molecular formula is C19H19N3O3S2. The summed E-state index contributed by atoms with van der Waals surface area (Å²) in [4.78, 5) is 28.0. The molecule has 1 aliphatic heterocycles. The average Bonchev–Trinajstić information content (AvgIpc) is 3.36. The van der Waals surface area contributed by atoms with Gasteiger partial charge in [0.05, 0.1) is 29.9 Å². The van der Waals surface area contributed by atoms with Gasteiger partial charge in [0, 0.05) is 23.5 Å². The van der Waals surface area contributed by atoms with Gasteiger partial charge in [-0.1, -0.05) is 11.8 Å². The molecule has 3 aromatic heterocycles. The summed E-state index contributed by atoms with van der Waals surface area (Å²) in [5, 5.41) is 0.700. The minimum atomic E-state index is 0.0995. The van der Waals surface area contributed by atoms with Crippen LogP contribution in [0.4, 0.5) is 0 Å². The molecule has 3 aromatic rings. The van der Waals surface area contributed by atoms with Crippen molar-refractivity contribution in [3.8, 4) is 5.88 Å². The standard InChI is InChI=1S/C19H19N3O3S2/c1-11-20-13-3-6-17(24-2)22-18(13)19(21-11)26-10-14(23)16-5-4-15(27-16)12-7-8-25-9-12/h3-6,12H,7-10H2,1-2H3/t12-/m1/s1. The Labute approximate surface area is 165 Å². The van der Waals surface area contributed by atoms with E-state index in [9.17, 15) is 4.79 Å². The van der Waals surface area contributed by atoms with Crippen LogP contribution >= 0.6 is 23.1 Å². The molecule has 1 fully saturated rings. The highest BCUT2D eigenvalue weighted by Gasteiger charge is 2.21. The molecule has 1 atom stereocenters. The van der Waals surface area contributed by atoms with Crippen LogP contribution in [0.15, 0.2) is 29.3 Å². The molecule has 1 aliphatic rings. The number of fused-ring (bicyclic) bond motifs is 1. The second kappa shape index (κ2) is 7.92. The fourth-order valence-corrected chi connectivity index (χ4v) is 5.04. The number of Topliss-reactive ketones (excluding diaryl/α,β-unsaturated/α-hetero) is 1. The largest absolute Gasteiger partial charge is 0.481 e. The molecule has 4 heterocycles. The van der Waals surface area contributed by atoms with E-state index >= 15 is 0 Å². The summed E-state index contributed by atoms with van der Waals surface area (Å²) in [7, 11) is 1.57. The van der Waals surface area contributed by atoms with Crippen molar-refractivity contribution in [2.45, 2.75) is 24.3 Å². The third-order valence-electron chi connectivity index (χ3n) is 4.38. The van der Waals surface area contributed by atoms with Crippen LogP contribution in [0.25, 0.3) is 11.0 Å². The van der Waals surface area contributed by atoms with Crippen LogP contribution in [0, 0.1) is 6.92 Å². The van der Waals surface area contributed by atoms with Crippen LogP contribution in [0.1, 0.15) is 32.7 Å². The predicted octanol–water partition coefficient (Wildman–Crippen LogP) is 3.88. The smallest absolute Gasteiger partial charge is 0.213 e. The molecule has 0 N–H and O–H groups in total. The molecular weight excluding hydrogens is 382 g/mol. The number of rotatable bonds is 6. The molecule has 6 nitrogen and oxygen atoms in total. The Morgan fingerprint density at radius 2 is 2.19 bits per heavy atom. The number of nitrogens with zero attached hydrogens (tertiary/aromatic N) is 3. The molecule has 4 rings (SSSR count). The molecule has 0 amide bonds. The van der Waals surface area contributed by atoms with E-state index in [1.165, 1.54) is 16.6 Å². The SMILES string of the molecule is COc1ccc2nc(C)nc(SCC(=O)c3ccc([C@@H]4CCOC4)s3)c2n1. The fraction of sp³-hybridized carbons (Fsp3) is 0.368. The number of aromatic nitrogens is 3. The predicted molar refractivity (Wildman–Crippen MR) is 106 cm³/mol. The molecule has 0 radical (unpaired) electrons. The van der Waals surface area contributed by atoms with Gasteiger partial charge in [-0.2, -0.15) is 0 Å². The molecule has 0 bridgehead atoms. The summed E-state index contributed by atoms with van der Waals surface area (Å²) >= 11 is 2.97. The first kappa shape index (κ1) is 18.3. The summed E-state index contributed by atoms with van der Waals surface area (Å²) < 4.78 is 10.6. The number of aryl methyl sites for hydroxylation is 1. The lowest BCUT2D eigenvalue weighted by atomic mass is 10.1. The van der Waals surface area contributed by atoms with Crippen molar-refractivity contribution in [1.29, 1.82) is 0 Å². The Hall–Kier alpha value is -2.03.